The first kappa shape index (κ1) is 21.7. The van der Waals surface area contributed by atoms with Gasteiger partial charge in [-0.25, -0.2) is 9.78 Å². The molecule has 1 amide bonds. The molecule has 9 heteroatoms. The third kappa shape index (κ3) is 2.94. The Balaban J connectivity index is 1.71. The number of nitrogens with one attached hydrogen (secondary N) is 2. The number of ether oxygens (including phenoxy) is 2. The van der Waals surface area contributed by atoms with Crippen LogP contribution in [0.5, 0.6) is 5.75 Å². The number of hydrogen-bond donors (Lipinski definition) is 3. The van der Waals surface area contributed by atoms with Gasteiger partial charge in [0.05, 0.1) is 13.2 Å². The number of nitrogens with zero attached hydrogens (tertiary/aromatic N) is 1. The van der Waals surface area contributed by atoms with Crippen molar-refractivity contribution in [2.45, 2.75) is 44.0 Å². The molecule has 4 N–H and O–H groups in total. The van der Waals surface area contributed by atoms with Gasteiger partial charge in [-0.1, -0.05) is 44.2 Å². The first-order valence-corrected chi connectivity index (χ1v) is 11.7. The Morgan fingerprint density at radius 3 is 2.77 bits per heavy atom. The van der Waals surface area contributed by atoms with Crippen LogP contribution in [0, 0.1) is 5.92 Å². The minimum atomic E-state index is -0.995. The van der Waals surface area contributed by atoms with Gasteiger partial charge in [0.2, 0.25) is 11.8 Å². The Hall–Kier alpha value is -3.85. The predicted octanol–water partition coefficient (Wildman–Crippen LogP) is 2.64. The number of esters is 1. The van der Waals surface area contributed by atoms with Crippen LogP contribution >= 0.6 is 0 Å². The van der Waals surface area contributed by atoms with Gasteiger partial charge in [-0.15, -0.1) is 0 Å². The Morgan fingerprint density at radius 1 is 1.20 bits per heavy atom. The number of nitrogens with two attached hydrogens (primary N) is 1. The van der Waals surface area contributed by atoms with Crippen LogP contribution in [0.2, 0.25) is 0 Å². The molecule has 4 atom stereocenters. The van der Waals surface area contributed by atoms with E-state index in [1.165, 1.54) is 7.11 Å². The van der Waals surface area contributed by atoms with Gasteiger partial charge >= 0.3 is 5.97 Å². The molecule has 4 heterocycles. The molecule has 0 radical (unpaired) electrons. The zero-order chi connectivity index (χ0) is 24.5. The van der Waals surface area contributed by atoms with E-state index in [0.717, 1.165) is 22.4 Å². The van der Waals surface area contributed by atoms with Crippen molar-refractivity contribution in [3.63, 3.8) is 0 Å². The van der Waals surface area contributed by atoms with Crippen molar-refractivity contribution in [1.29, 1.82) is 0 Å². The summed E-state index contributed by atoms with van der Waals surface area (Å²) in [6.45, 7) is 3.88. The smallest absolute Gasteiger partial charge is 0.360 e. The topological polar surface area (TPSA) is 129 Å². The van der Waals surface area contributed by atoms with Crippen LogP contribution in [0.4, 0.5) is 5.69 Å². The van der Waals surface area contributed by atoms with Gasteiger partial charge in [0.15, 0.2) is 17.7 Å². The fraction of sp³-hybridized carbons (Fsp3) is 0.346. The van der Waals surface area contributed by atoms with Crippen molar-refractivity contribution in [2.24, 2.45) is 11.7 Å². The van der Waals surface area contributed by atoms with Crippen molar-refractivity contribution in [1.82, 2.24) is 10.3 Å². The van der Waals surface area contributed by atoms with Gasteiger partial charge in [0, 0.05) is 11.3 Å². The minimum Gasteiger partial charge on any atom is -0.469 e. The second-order valence-corrected chi connectivity index (χ2v) is 9.59. The zero-order valence-corrected chi connectivity index (χ0v) is 19.6. The van der Waals surface area contributed by atoms with Gasteiger partial charge in [-0.3, -0.25) is 4.79 Å². The summed E-state index contributed by atoms with van der Waals surface area (Å²) in [6.07, 6.45) is -0.228. The molecule has 3 aliphatic rings. The standard InChI is InChI=1S/C26H26N4O5/c1-12(2)19-23-30-20(24(32)33-3)21(35-23)26-14-6-4-5-7-17(14)28-25(26)34-18-9-8-13(10-15(18)26)11-16(27)22(31)29-19/h4-10,12,16,19,25,28H,11,27H2,1-3H3,(H,29,31)/t16?,19-,25?,26?/m0/s1. The lowest BCUT2D eigenvalue weighted by Crippen LogP contribution is -2.45. The van der Waals surface area contributed by atoms with E-state index in [9.17, 15) is 9.59 Å². The van der Waals surface area contributed by atoms with Crippen molar-refractivity contribution >= 4 is 17.6 Å². The van der Waals surface area contributed by atoms with E-state index in [1.54, 1.807) is 0 Å². The molecule has 3 aliphatic heterocycles. The molecule has 35 heavy (non-hydrogen) atoms. The second kappa shape index (κ2) is 7.58. The number of para-hydroxylation sites is 1. The third-order valence-corrected chi connectivity index (χ3v) is 7.15. The minimum absolute atomic E-state index is 0.0521. The van der Waals surface area contributed by atoms with Gasteiger partial charge in [0.25, 0.3) is 0 Å². The fourth-order valence-electron chi connectivity index (χ4n) is 5.45. The zero-order valence-electron chi connectivity index (χ0n) is 19.6. The molecular weight excluding hydrogens is 448 g/mol. The number of fused-ring (bicyclic) bond motifs is 4. The molecule has 1 aromatic heterocycles. The van der Waals surface area contributed by atoms with Gasteiger partial charge in [-0.05, 0) is 35.6 Å². The molecule has 6 rings (SSSR count). The van der Waals surface area contributed by atoms with Gasteiger partial charge in [-0.2, -0.15) is 0 Å². The van der Waals surface area contributed by atoms with Crippen molar-refractivity contribution in [3.05, 3.63) is 76.5 Å². The molecule has 4 bridgehead atoms. The maximum Gasteiger partial charge on any atom is 0.360 e. The highest BCUT2D eigenvalue weighted by molar-refractivity contribution is 5.90. The second-order valence-electron chi connectivity index (χ2n) is 9.59. The number of anilines is 1. The van der Waals surface area contributed by atoms with Crippen molar-refractivity contribution in [3.8, 4) is 5.75 Å². The Bertz CT molecular complexity index is 1370. The highest BCUT2D eigenvalue weighted by atomic mass is 16.5. The first-order valence-electron chi connectivity index (χ1n) is 11.7. The van der Waals surface area contributed by atoms with Crippen LogP contribution in [0.3, 0.4) is 0 Å². The fourth-order valence-corrected chi connectivity index (χ4v) is 5.45. The van der Waals surface area contributed by atoms with Crippen LogP contribution < -0.4 is 21.1 Å². The first-order chi connectivity index (χ1) is 16.8. The van der Waals surface area contributed by atoms with E-state index >= 15 is 0 Å². The van der Waals surface area contributed by atoms with Crippen molar-refractivity contribution in [2.75, 3.05) is 12.4 Å². The molecule has 9 nitrogen and oxygen atoms in total. The van der Waals surface area contributed by atoms with Crippen molar-refractivity contribution < 1.29 is 23.5 Å². The third-order valence-electron chi connectivity index (χ3n) is 7.15. The molecule has 2 aromatic carbocycles. The summed E-state index contributed by atoms with van der Waals surface area (Å²) in [7, 11) is 1.31. The van der Waals surface area contributed by atoms with Gasteiger partial charge < -0.3 is 30.3 Å². The van der Waals surface area contributed by atoms with Crippen LogP contribution in [-0.4, -0.2) is 36.2 Å². The van der Waals surface area contributed by atoms with Crippen LogP contribution in [0.1, 0.15) is 58.7 Å². The quantitative estimate of drug-likeness (QED) is 0.484. The number of amides is 1. The summed E-state index contributed by atoms with van der Waals surface area (Å²) in [5.41, 5.74) is 8.84. The molecule has 180 valence electrons. The van der Waals surface area contributed by atoms with E-state index in [-0.39, 0.29) is 23.4 Å². The predicted molar refractivity (Wildman–Crippen MR) is 126 cm³/mol. The van der Waals surface area contributed by atoms with E-state index in [4.69, 9.17) is 19.6 Å². The maximum atomic E-state index is 13.0. The number of hydrogen-bond acceptors (Lipinski definition) is 8. The van der Waals surface area contributed by atoms with E-state index in [1.807, 2.05) is 56.3 Å². The number of aromatic nitrogens is 1. The van der Waals surface area contributed by atoms with Crippen LogP contribution in [0.25, 0.3) is 0 Å². The van der Waals surface area contributed by atoms with E-state index in [2.05, 4.69) is 15.6 Å². The Kier molecular flexibility index (Phi) is 4.69. The highest BCUT2D eigenvalue weighted by Gasteiger charge is 2.61. The summed E-state index contributed by atoms with van der Waals surface area (Å²) in [6, 6.07) is 12.2. The summed E-state index contributed by atoms with van der Waals surface area (Å²) >= 11 is 0. The highest BCUT2D eigenvalue weighted by Crippen LogP contribution is 2.58. The largest absolute Gasteiger partial charge is 0.469 e. The molecule has 0 aliphatic carbocycles. The average Bonchev–Trinajstić information content (AvgIpc) is 3.50. The summed E-state index contributed by atoms with van der Waals surface area (Å²) in [4.78, 5) is 30.6. The summed E-state index contributed by atoms with van der Waals surface area (Å²) < 4.78 is 18.0. The average molecular weight is 475 g/mol. The van der Waals surface area contributed by atoms with Crippen LogP contribution in [0.15, 0.2) is 46.9 Å². The number of carbonyl (C=O) groups is 2. The van der Waals surface area contributed by atoms with E-state index < -0.39 is 29.7 Å². The molecule has 0 fully saturated rings. The summed E-state index contributed by atoms with van der Waals surface area (Å²) in [5, 5.41) is 6.43. The monoisotopic (exact) mass is 474 g/mol. The number of methoxy groups -OCH3 is 1. The Labute approximate surface area is 202 Å². The lowest BCUT2D eigenvalue weighted by Gasteiger charge is -2.28. The number of rotatable bonds is 2. The molecule has 3 unspecified atom stereocenters. The Morgan fingerprint density at radius 2 is 2.00 bits per heavy atom. The normalized spacial score (nSPS) is 26.0. The number of benzene rings is 2. The number of oxazole rings is 1. The molecule has 0 saturated heterocycles. The maximum absolute atomic E-state index is 13.0. The molecular formula is C26H26N4O5. The summed E-state index contributed by atoms with van der Waals surface area (Å²) in [5.74, 6) is 0.172. The number of carbonyl (C=O) groups excluding carboxylic acids is 2. The lowest BCUT2D eigenvalue weighted by molar-refractivity contribution is -0.123. The molecule has 0 saturated carbocycles. The molecule has 3 aromatic rings. The SMILES string of the molecule is COC(=O)c1nc2oc1C13c4ccccc4NC1Oc1ccc(cc13)CC(N)C(=O)N[C@H]2C(C)C. The van der Waals surface area contributed by atoms with Crippen LogP contribution in [-0.2, 0) is 21.4 Å². The molecule has 1 spiro atoms. The lowest BCUT2D eigenvalue weighted by atomic mass is 9.72. The van der Waals surface area contributed by atoms with E-state index in [0.29, 0.717) is 17.9 Å². The van der Waals surface area contributed by atoms with Gasteiger partial charge in [0.1, 0.15) is 17.2 Å².